The highest BCUT2D eigenvalue weighted by Crippen LogP contribution is 2.29. The van der Waals surface area contributed by atoms with Crippen LogP contribution in [-0.2, 0) is 0 Å². The molecule has 0 aliphatic carbocycles. The first kappa shape index (κ1) is 11.9. The molecule has 0 aliphatic heterocycles. The van der Waals surface area contributed by atoms with Crippen LogP contribution >= 0.6 is 11.6 Å². The minimum atomic E-state index is -0.981. The van der Waals surface area contributed by atoms with E-state index in [0.29, 0.717) is 10.6 Å². The Morgan fingerprint density at radius 2 is 1.65 bits per heavy atom. The van der Waals surface area contributed by atoms with Gasteiger partial charge in [-0.25, -0.2) is 4.39 Å². The van der Waals surface area contributed by atoms with Crippen LogP contribution in [0.4, 0.5) is 8.78 Å². The molecule has 2 aromatic carbocycles. The van der Waals surface area contributed by atoms with Crippen LogP contribution in [0.3, 0.4) is 0 Å². The Balaban J connectivity index is 2.52. The van der Waals surface area contributed by atoms with Crippen LogP contribution in [0.25, 0.3) is 11.1 Å². The molecule has 0 saturated carbocycles. The Kier molecular flexibility index (Phi) is 3.29. The van der Waals surface area contributed by atoms with Crippen LogP contribution in [-0.4, -0.2) is 7.11 Å². The summed E-state index contributed by atoms with van der Waals surface area (Å²) in [5, 5.41) is 0.586. The minimum Gasteiger partial charge on any atom is -0.494 e. The normalized spacial score (nSPS) is 10.4. The summed E-state index contributed by atoms with van der Waals surface area (Å²) in [4.78, 5) is 0. The maximum Gasteiger partial charge on any atom is 0.200 e. The molecule has 0 amide bonds. The molecule has 0 unspecified atom stereocenters. The van der Waals surface area contributed by atoms with Crippen molar-refractivity contribution >= 4 is 11.6 Å². The lowest BCUT2D eigenvalue weighted by Gasteiger charge is -2.07. The number of methoxy groups -OCH3 is 1. The highest BCUT2D eigenvalue weighted by atomic mass is 35.5. The third kappa shape index (κ3) is 2.39. The molecule has 0 heterocycles. The van der Waals surface area contributed by atoms with Gasteiger partial charge in [-0.2, -0.15) is 4.39 Å². The minimum absolute atomic E-state index is 0.116. The molecule has 0 aromatic heterocycles. The molecule has 0 atom stereocenters. The largest absolute Gasteiger partial charge is 0.494 e. The van der Waals surface area contributed by atoms with E-state index in [4.69, 9.17) is 16.3 Å². The predicted octanol–water partition coefficient (Wildman–Crippen LogP) is 4.29. The van der Waals surface area contributed by atoms with Crippen molar-refractivity contribution in [2.45, 2.75) is 0 Å². The second-order valence-electron chi connectivity index (χ2n) is 3.48. The first-order chi connectivity index (χ1) is 8.11. The molecule has 0 fully saturated rings. The molecule has 0 N–H and O–H groups in total. The number of hydrogen-bond donors (Lipinski definition) is 0. The van der Waals surface area contributed by atoms with E-state index in [0.717, 1.165) is 11.6 Å². The standard InChI is InChI=1S/C13H9ClF2O/c1-17-12-7-9(6-11(15)13(12)16)8-2-4-10(14)5-3-8/h2-7H,1H3. The first-order valence-corrected chi connectivity index (χ1v) is 5.28. The first-order valence-electron chi connectivity index (χ1n) is 4.91. The van der Waals surface area contributed by atoms with E-state index in [1.54, 1.807) is 24.3 Å². The zero-order valence-corrected chi connectivity index (χ0v) is 9.76. The molecule has 4 heteroatoms. The third-order valence-corrected chi connectivity index (χ3v) is 2.64. The predicted molar refractivity (Wildman–Crippen MR) is 63.4 cm³/mol. The molecule has 1 nitrogen and oxygen atoms in total. The van der Waals surface area contributed by atoms with Crippen LogP contribution in [0, 0.1) is 11.6 Å². The molecular weight excluding hydrogens is 246 g/mol. The maximum absolute atomic E-state index is 13.3. The highest BCUT2D eigenvalue weighted by molar-refractivity contribution is 6.30. The molecule has 0 radical (unpaired) electrons. The Hall–Kier alpha value is -1.61. The van der Waals surface area contributed by atoms with E-state index in [-0.39, 0.29) is 5.75 Å². The smallest absolute Gasteiger partial charge is 0.200 e. The van der Waals surface area contributed by atoms with Gasteiger partial charge < -0.3 is 4.74 Å². The van der Waals surface area contributed by atoms with Gasteiger partial charge in [0.2, 0.25) is 5.82 Å². The van der Waals surface area contributed by atoms with Crippen molar-refractivity contribution in [2.75, 3.05) is 7.11 Å². The average Bonchev–Trinajstić information content (AvgIpc) is 2.33. The molecule has 0 saturated heterocycles. The van der Waals surface area contributed by atoms with Crippen molar-refractivity contribution in [3.63, 3.8) is 0 Å². The molecular formula is C13H9ClF2O. The van der Waals surface area contributed by atoms with Gasteiger partial charge in [-0.15, -0.1) is 0 Å². The van der Waals surface area contributed by atoms with Crippen molar-refractivity contribution < 1.29 is 13.5 Å². The lowest BCUT2D eigenvalue weighted by Crippen LogP contribution is -1.93. The van der Waals surface area contributed by atoms with Crippen molar-refractivity contribution in [1.29, 1.82) is 0 Å². The van der Waals surface area contributed by atoms with Gasteiger partial charge in [-0.1, -0.05) is 23.7 Å². The molecule has 2 rings (SSSR count). The Labute approximate surface area is 103 Å². The van der Waals surface area contributed by atoms with E-state index in [1.807, 2.05) is 0 Å². The van der Waals surface area contributed by atoms with E-state index >= 15 is 0 Å². The fraction of sp³-hybridized carbons (Fsp3) is 0.0769. The number of rotatable bonds is 2. The van der Waals surface area contributed by atoms with Gasteiger partial charge in [0, 0.05) is 5.02 Å². The Morgan fingerprint density at radius 1 is 1.00 bits per heavy atom. The molecule has 17 heavy (non-hydrogen) atoms. The van der Waals surface area contributed by atoms with Crippen LogP contribution in [0.15, 0.2) is 36.4 Å². The van der Waals surface area contributed by atoms with Crippen molar-refractivity contribution in [1.82, 2.24) is 0 Å². The van der Waals surface area contributed by atoms with Crippen LogP contribution in [0.1, 0.15) is 0 Å². The zero-order chi connectivity index (χ0) is 12.4. The summed E-state index contributed by atoms with van der Waals surface area (Å²) in [6.07, 6.45) is 0. The summed E-state index contributed by atoms with van der Waals surface area (Å²) in [6, 6.07) is 9.40. The SMILES string of the molecule is COc1cc(-c2ccc(Cl)cc2)cc(F)c1F. The van der Waals surface area contributed by atoms with Crippen molar-refractivity contribution in [3.8, 4) is 16.9 Å². The molecule has 88 valence electrons. The molecule has 0 spiro atoms. The number of hydrogen-bond acceptors (Lipinski definition) is 1. The molecule has 0 aliphatic rings. The van der Waals surface area contributed by atoms with Gasteiger partial charge in [0.1, 0.15) is 0 Å². The van der Waals surface area contributed by atoms with Gasteiger partial charge in [0.25, 0.3) is 0 Å². The fourth-order valence-electron chi connectivity index (χ4n) is 1.52. The van der Waals surface area contributed by atoms with Gasteiger partial charge >= 0.3 is 0 Å². The summed E-state index contributed by atoms with van der Waals surface area (Å²) in [7, 11) is 1.30. The summed E-state index contributed by atoms with van der Waals surface area (Å²) >= 11 is 5.76. The van der Waals surface area contributed by atoms with Crippen LogP contribution < -0.4 is 4.74 Å². The molecule has 2 aromatic rings. The summed E-state index contributed by atoms with van der Waals surface area (Å²) in [5.74, 6) is -2.03. The summed E-state index contributed by atoms with van der Waals surface area (Å²) < 4.78 is 31.3. The van der Waals surface area contributed by atoms with Crippen molar-refractivity contribution in [2.24, 2.45) is 0 Å². The summed E-state index contributed by atoms with van der Waals surface area (Å²) in [5.41, 5.74) is 1.28. The zero-order valence-electron chi connectivity index (χ0n) is 9.01. The third-order valence-electron chi connectivity index (χ3n) is 2.39. The number of benzene rings is 2. The quantitative estimate of drug-likeness (QED) is 0.777. The number of ether oxygens (including phenoxy) is 1. The van der Waals surface area contributed by atoms with Crippen LogP contribution in [0.2, 0.25) is 5.02 Å². The number of halogens is 3. The maximum atomic E-state index is 13.3. The second-order valence-corrected chi connectivity index (χ2v) is 3.92. The van der Waals surface area contributed by atoms with Gasteiger partial charge in [0.15, 0.2) is 11.6 Å². The van der Waals surface area contributed by atoms with E-state index in [9.17, 15) is 8.78 Å². The topological polar surface area (TPSA) is 9.23 Å². The van der Waals surface area contributed by atoms with Crippen molar-refractivity contribution in [3.05, 3.63) is 53.1 Å². The average molecular weight is 255 g/mol. The van der Waals surface area contributed by atoms with Crippen LogP contribution in [0.5, 0.6) is 5.75 Å². The lowest BCUT2D eigenvalue weighted by atomic mass is 10.1. The van der Waals surface area contributed by atoms with Gasteiger partial charge in [-0.05, 0) is 35.4 Å². The fourth-order valence-corrected chi connectivity index (χ4v) is 1.65. The van der Waals surface area contributed by atoms with E-state index in [1.165, 1.54) is 13.2 Å². The second kappa shape index (κ2) is 4.72. The van der Waals surface area contributed by atoms with E-state index < -0.39 is 11.6 Å². The molecule has 0 bridgehead atoms. The van der Waals surface area contributed by atoms with E-state index in [2.05, 4.69) is 0 Å². The lowest BCUT2D eigenvalue weighted by molar-refractivity contribution is 0.372. The van der Waals surface area contributed by atoms with Gasteiger partial charge in [-0.3, -0.25) is 0 Å². The Bertz CT molecular complexity index is 538. The summed E-state index contributed by atoms with van der Waals surface area (Å²) in [6.45, 7) is 0. The monoisotopic (exact) mass is 254 g/mol. The Morgan fingerprint density at radius 3 is 2.24 bits per heavy atom. The van der Waals surface area contributed by atoms with Gasteiger partial charge in [0.05, 0.1) is 7.11 Å². The highest BCUT2D eigenvalue weighted by Gasteiger charge is 2.12.